The summed E-state index contributed by atoms with van der Waals surface area (Å²) in [6.07, 6.45) is 0.606. The number of hydrogen-bond donors (Lipinski definition) is 0. The molecule has 2 nitrogen and oxygen atoms in total. The lowest BCUT2D eigenvalue weighted by molar-refractivity contribution is -0.116. The molecule has 0 amide bonds. The average molecular weight is 193 g/mol. The van der Waals surface area contributed by atoms with E-state index in [-0.39, 0.29) is 11.6 Å². The molecule has 0 radical (unpaired) electrons. The molecule has 1 saturated heterocycles. The quantitative estimate of drug-likeness (QED) is 0.711. The second-order valence-corrected chi connectivity index (χ2v) is 3.59. The third kappa shape index (κ3) is 1.99. The van der Waals surface area contributed by atoms with Gasteiger partial charge in [-0.25, -0.2) is 4.39 Å². The number of Topliss-reactive ketones (excluding diaryl/α,β-unsaturated/α-hetero) is 1. The monoisotopic (exact) mass is 193 g/mol. The van der Waals surface area contributed by atoms with Gasteiger partial charge in [0.05, 0.1) is 6.54 Å². The maximum atomic E-state index is 13.2. The first-order valence-corrected chi connectivity index (χ1v) is 4.73. The Bertz CT molecular complexity index is 351. The van der Waals surface area contributed by atoms with Gasteiger partial charge in [0.25, 0.3) is 0 Å². The highest BCUT2D eigenvalue weighted by atomic mass is 19.1. The zero-order valence-corrected chi connectivity index (χ0v) is 7.87. The highest BCUT2D eigenvalue weighted by molar-refractivity contribution is 5.82. The van der Waals surface area contributed by atoms with Crippen LogP contribution in [0.4, 0.5) is 4.39 Å². The third-order valence-corrected chi connectivity index (χ3v) is 2.46. The lowest BCUT2D eigenvalue weighted by atomic mass is 10.2. The summed E-state index contributed by atoms with van der Waals surface area (Å²) in [5.74, 6) is 0.0631. The van der Waals surface area contributed by atoms with Crippen LogP contribution in [-0.2, 0) is 11.3 Å². The molecule has 0 aliphatic carbocycles. The number of benzene rings is 1. The summed E-state index contributed by atoms with van der Waals surface area (Å²) in [6.45, 7) is 1.76. The van der Waals surface area contributed by atoms with Crippen molar-refractivity contribution in [1.82, 2.24) is 4.90 Å². The largest absolute Gasteiger partial charge is 0.298 e. The summed E-state index contributed by atoms with van der Waals surface area (Å²) < 4.78 is 13.2. The van der Waals surface area contributed by atoms with Gasteiger partial charge in [-0.05, 0) is 6.07 Å². The van der Waals surface area contributed by atoms with E-state index in [0.29, 0.717) is 25.1 Å². The van der Waals surface area contributed by atoms with Crippen LogP contribution in [0.15, 0.2) is 24.3 Å². The molecule has 1 aliphatic rings. The third-order valence-electron chi connectivity index (χ3n) is 2.46. The van der Waals surface area contributed by atoms with Crippen molar-refractivity contribution in [3.8, 4) is 0 Å². The van der Waals surface area contributed by atoms with Crippen molar-refractivity contribution >= 4 is 5.78 Å². The molecule has 0 aromatic heterocycles. The summed E-state index contributed by atoms with van der Waals surface area (Å²) in [6, 6.07) is 6.70. The van der Waals surface area contributed by atoms with Crippen molar-refractivity contribution in [1.29, 1.82) is 0 Å². The summed E-state index contributed by atoms with van der Waals surface area (Å²) >= 11 is 0. The Hall–Kier alpha value is -1.22. The minimum absolute atomic E-state index is 0.188. The summed E-state index contributed by atoms with van der Waals surface area (Å²) in [5, 5.41) is 0. The minimum Gasteiger partial charge on any atom is -0.298 e. The Labute approximate surface area is 82.3 Å². The molecule has 1 aromatic carbocycles. The van der Waals surface area contributed by atoms with E-state index in [0.717, 1.165) is 6.54 Å². The molecule has 74 valence electrons. The van der Waals surface area contributed by atoms with Crippen LogP contribution in [0.1, 0.15) is 12.0 Å². The fraction of sp³-hybridized carbons (Fsp3) is 0.364. The highest BCUT2D eigenvalue weighted by Gasteiger charge is 2.19. The van der Waals surface area contributed by atoms with E-state index in [9.17, 15) is 9.18 Å². The molecule has 1 aliphatic heterocycles. The smallest absolute Gasteiger partial charge is 0.148 e. The molecule has 0 unspecified atom stereocenters. The maximum Gasteiger partial charge on any atom is 0.148 e. The number of carbonyl (C=O) groups is 1. The second kappa shape index (κ2) is 3.88. The SMILES string of the molecule is O=C1CCN(Cc2ccccc2F)C1. The van der Waals surface area contributed by atoms with Crippen molar-refractivity contribution in [2.24, 2.45) is 0 Å². The van der Waals surface area contributed by atoms with Gasteiger partial charge in [-0.15, -0.1) is 0 Å². The summed E-state index contributed by atoms with van der Waals surface area (Å²) in [5.41, 5.74) is 0.669. The van der Waals surface area contributed by atoms with E-state index in [4.69, 9.17) is 0 Å². The normalized spacial score (nSPS) is 17.6. The van der Waals surface area contributed by atoms with Gasteiger partial charge in [-0.2, -0.15) is 0 Å². The number of ketones is 1. The van der Waals surface area contributed by atoms with Crippen LogP contribution in [0.25, 0.3) is 0 Å². The number of likely N-dealkylation sites (tertiary alicyclic amines) is 1. The second-order valence-electron chi connectivity index (χ2n) is 3.59. The highest BCUT2D eigenvalue weighted by Crippen LogP contribution is 2.13. The number of nitrogens with zero attached hydrogens (tertiary/aromatic N) is 1. The molecule has 14 heavy (non-hydrogen) atoms. The molecule has 1 aromatic rings. The number of halogens is 1. The molecule has 0 bridgehead atoms. The number of rotatable bonds is 2. The topological polar surface area (TPSA) is 20.3 Å². The standard InChI is InChI=1S/C11H12FNO/c12-11-4-2-1-3-9(11)7-13-6-5-10(14)8-13/h1-4H,5-8H2. The Morgan fingerprint density at radius 2 is 2.14 bits per heavy atom. The molecular formula is C11H12FNO. The fourth-order valence-corrected chi connectivity index (χ4v) is 1.69. The van der Waals surface area contributed by atoms with Gasteiger partial charge in [0, 0.05) is 25.1 Å². The zero-order valence-electron chi connectivity index (χ0n) is 7.87. The molecule has 0 spiro atoms. The van der Waals surface area contributed by atoms with Gasteiger partial charge in [0.15, 0.2) is 0 Å². The lowest BCUT2D eigenvalue weighted by Crippen LogP contribution is -2.20. The molecular weight excluding hydrogens is 181 g/mol. The Kier molecular flexibility index (Phi) is 2.59. The van der Waals surface area contributed by atoms with E-state index in [1.807, 2.05) is 11.0 Å². The van der Waals surface area contributed by atoms with Gasteiger partial charge < -0.3 is 0 Å². The summed E-state index contributed by atoms with van der Waals surface area (Å²) in [4.78, 5) is 13.0. The van der Waals surface area contributed by atoms with Gasteiger partial charge in [0.1, 0.15) is 11.6 Å². The van der Waals surface area contributed by atoms with Gasteiger partial charge in [-0.1, -0.05) is 18.2 Å². The van der Waals surface area contributed by atoms with Crippen LogP contribution in [0.3, 0.4) is 0 Å². The van der Waals surface area contributed by atoms with Crippen LogP contribution < -0.4 is 0 Å². The Balaban J connectivity index is 2.04. The average Bonchev–Trinajstić information content (AvgIpc) is 2.56. The predicted octanol–water partition coefficient (Wildman–Crippen LogP) is 1.60. The molecule has 1 fully saturated rings. The van der Waals surface area contributed by atoms with Crippen LogP contribution >= 0.6 is 0 Å². The van der Waals surface area contributed by atoms with Crippen molar-refractivity contribution in [2.75, 3.05) is 13.1 Å². The van der Waals surface area contributed by atoms with E-state index >= 15 is 0 Å². The molecule has 1 heterocycles. The van der Waals surface area contributed by atoms with E-state index in [1.165, 1.54) is 6.07 Å². The Morgan fingerprint density at radius 3 is 2.79 bits per heavy atom. The van der Waals surface area contributed by atoms with Crippen LogP contribution in [-0.4, -0.2) is 23.8 Å². The maximum absolute atomic E-state index is 13.2. The van der Waals surface area contributed by atoms with Crippen molar-refractivity contribution in [2.45, 2.75) is 13.0 Å². The molecule has 0 N–H and O–H groups in total. The predicted molar refractivity (Wildman–Crippen MR) is 51.3 cm³/mol. The van der Waals surface area contributed by atoms with Crippen molar-refractivity contribution < 1.29 is 9.18 Å². The first kappa shape index (κ1) is 9.34. The van der Waals surface area contributed by atoms with Crippen molar-refractivity contribution in [3.05, 3.63) is 35.6 Å². The first-order valence-electron chi connectivity index (χ1n) is 4.73. The minimum atomic E-state index is -0.188. The number of carbonyl (C=O) groups excluding carboxylic acids is 1. The van der Waals surface area contributed by atoms with E-state index in [2.05, 4.69) is 0 Å². The van der Waals surface area contributed by atoms with Gasteiger partial charge in [0.2, 0.25) is 0 Å². The molecule has 0 saturated carbocycles. The van der Waals surface area contributed by atoms with Crippen molar-refractivity contribution in [3.63, 3.8) is 0 Å². The first-order chi connectivity index (χ1) is 6.75. The van der Waals surface area contributed by atoms with Gasteiger partial charge in [-0.3, -0.25) is 9.69 Å². The van der Waals surface area contributed by atoms with Crippen LogP contribution in [0, 0.1) is 5.82 Å². The van der Waals surface area contributed by atoms with Crippen LogP contribution in [0.5, 0.6) is 0 Å². The molecule has 3 heteroatoms. The van der Waals surface area contributed by atoms with E-state index < -0.39 is 0 Å². The lowest BCUT2D eigenvalue weighted by Gasteiger charge is -2.13. The molecule has 2 rings (SSSR count). The fourth-order valence-electron chi connectivity index (χ4n) is 1.69. The molecule has 0 atom stereocenters. The van der Waals surface area contributed by atoms with Gasteiger partial charge >= 0.3 is 0 Å². The summed E-state index contributed by atoms with van der Waals surface area (Å²) in [7, 11) is 0. The van der Waals surface area contributed by atoms with E-state index in [1.54, 1.807) is 12.1 Å². The van der Waals surface area contributed by atoms with Crippen LogP contribution in [0.2, 0.25) is 0 Å². The number of hydrogen-bond acceptors (Lipinski definition) is 2. The zero-order chi connectivity index (χ0) is 9.97. The Morgan fingerprint density at radius 1 is 1.36 bits per heavy atom.